The van der Waals surface area contributed by atoms with Gasteiger partial charge in [-0.3, -0.25) is 0 Å². The van der Waals surface area contributed by atoms with Crippen LogP contribution in [0.15, 0.2) is 42.5 Å². The molecule has 0 amide bonds. The van der Waals surface area contributed by atoms with E-state index in [9.17, 15) is 0 Å². The number of ether oxygens (including phenoxy) is 2. The van der Waals surface area contributed by atoms with Crippen molar-refractivity contribution in [3.63, 3.8) is 0 Å². The van der Waals surface area contributed by atoms with Gasteiger partial charge in [0.25, 0.3) is 0 Å². The molecule has 0 aromatic heterocycles. The summed E-state index contributed by atoms with van der Waals surface area (Å²) in [5, 5.41) is 3.04. The van der Waals surface area contributed by atoms with Gasteiger partial charge in [-0.2, -0.15) is 0 Å². The summed E-state index contributed by atoms with van der Waals surface area (Å²) in [6.45, 7) is 2.69. The van der Waals surface area contributed by atoms with Gasteiger partial charge in [0.2, 0.25) is 0 Å². The van der Waals surface area contributed by atoms with Crippen molar-refractivity contribution in [2.24, 2.45) is 5.73 Å². The minimum Gasteiger partial charge on any atom is -0.491 e. The van der Waals surface area contributed by atoms with Crippen LogP contribution in [0.4, 0.5) is 0 Å². The fourth-order valence-corrected chi connectivity index (χ4v) is 2.81. The van der Waals surface area contributed by atoms with Gasteiger partial charge in [0.1, 0.15) is 12.4 Å². The Bertz CT molecular complexity index is 643. The van der Waals surface area contributed by atoms with Crippen LogP contribution in [-0.4, -0.2) is 33.4 Å². The minimum absolute atomic E-state index is 0.0679. The van der Waals surface area contributed by atoms with Crippen LogP contribution in [0.25, 0.3) is 11.1 Å². The van der Waals surface area contributed by atoms with E-state index in [0.29, 0.717) is 19.8 Å². The van der Waals surface area contributed by atoms with Gasteiger partial charge in [0.05, 0.1) is 19.3 Å². The maximum absolute atomic E-state index is 6.35. The van der Waals surface area contributed by atoms with Gasteiger partial charge in [-0.25, -0.2) is 0 Å². The molecular weight excluding hydrogens is 276 g/mol. The van der Waals surface area contributed by atoms with Crippen molar-refractivity contribution in [2.75, 3.05) is 33.4 Å². The second-order valence-electron chi connectivity index (χ2n) is 5.38. The summed E-state index contributed by atoms with van der Waals surface area (Å²) in [4.78, 5) is 0. The Kier molecular flexibility index (Phi) is 4.73. The molecule has 2 aromatic carbocycles. The first-order valence-corrected chi connectivity index (χ1v) is 7.65. The van der Waals surface area contributed by atoms with Crippen LogP contribution in [0.5, 0.6) is 5.75 Å². The molecule has 4 heteroatoms. The van der Waals surface area contributed by atoms with Crippen LogP contribution in [0.1, 0.15) is 17.2 Å². The van der Waals surface area contributed by atoms with Crippen LogP contribution in [0.2, 0.25) is 0 Å². The molecular formula is C18H22N2O2. The molecule has 3 N–H and O–H groups in total. The summed E-state index contributed by atoms with van der Waals surface area (Å²) in [6.07, 6.45) is 0. The highest BCUT2D eigenvalue weighted by molar-refractivity contribution is 5.79. The molecule has 0 fully saturated rings. The van der Waals surface area contributed by atoms with Crippen LogP contribution in [-0.2, 0) is 4.74 Å². The highest BCUT2D eigenvalue weighted by atomic mass is 16.5. The average molecular weight is 298 g/mol. The topological polar surface area (TPSA) is 56.5 Å². The molecule has 1 atom stereocenters. The lowest BCUT2D eigenvalue weighted by molar-refractivity contribution is 0.103. The van der Waals surface area contributed by atoms with E-state index in [-0.39, 0.29) is 6.04 Å². The number of hydrogen-bond acceptors (Lipinski definition) is 4. The monoisotopic (exact) mass is 298 g/mol. The maximum atomic E-state index is 6.35. The third-order valence-corrected chi connectivity index (χ3v) is 3.94. The maximum Gasteiger partial charge on any atom is 0.119 e. The second-order valence-corrected chi connectivity index (χ2v) is 5.38. The van der Waals surface area contributed by atoms with Crippen LogP contribution in [0.3, 0.4) is 0 Å². The van der Waals surface area contributed by atoms with Gasteiger partial charge in [-0.05, 0) is 41.4 Å². The number of nitrogens with one attached hydrogen (secondary N) is 1. The fraction of sp³-hybridized carbons (Fsp3) is 0.333. The van der Waals surface area contributed by atoms with Gasteiger partial charge in [-0.15, -0.1) is 0 Å². The van der Waals surface area contributed by atoms with Gasteiger partial charge in [-0.1, -0.05) is 30.3 Å². The van der Waals surface area contributed by atoms with Gasteiger partial charge >= 0.3 is 0 Å². The molecule has 116 valence electrons. The molecule has 4 nitrogen and oxygen atoms in total. The molecule has 22 heavy (non-hydrogen) atoms. The Balaban J connectivity index is 1.63. The average Bonchev–Trinajstić information content (AvgIpc) is 2.84. The van der Waals surface area contributed by atoms with Crippen molar-refractivity contribution in [1.29, 1.82) is 0 Å². The third kappa shape index (κ3) is 2.99. The summed E-state index contributed by atoms with van der Waals surface area (Å²) in [5.74, 6) is 0.847. The van der Waals surface area contributed by atoms with Crippen molar-refractivity contribution in [3.8, 4) is 16.9 Å². The molecule has 0 bridgehead atoms. The summed E-state index contributed by atoms with van der Waals surface area (Å²) < 4.78 is 11.2. The summed E-state index contributed by atoms with van der Waals surface area (Å²) >= 11 is 0. The summed E-state index contributed by atoms with van der Waals surface area (Å²) in [7, 11) is 1.91. The first-order chi connectivity index (χ1) is 10.8. The van der Waals surface area contributed by atoms with E-state index in [2.05, 4.69) is 23.5 Å². The molecule has 2 aromatic rings. The molecule has 0 radical (unpaired) electrons. The number of nitrogens with two attached hydrogens (primary N) is 1. The molecule has 0 saturated carbocycles. The first kappa shape index (κ1) is 15.0. The standard InChI is InChI=1S/C18H22N2O2/c1-20-8-9-21-10-11-22-13-6-7-15-14-4-2-3-5-16(14)18(19)17(15)12-13/h2-7,12,18,20H,8-11,19H2,1H3. The second kappa shape index (κ2) is 6.92. The van der Waals surface area contributed by atoms with Gasteiger partial charge < -0.3 is 20.5 Å². The van der Waals surface area contributed by atoms with Crippen molar-refractivity contribution in [2.45, 2.75) is 6.04 Å². The quantitative estimate of drug-likeness (QED) is 0.770. The Hall–Kier alpha value is -1.88. The smallest absolute Gasteiger partial charge is 0.119 e. The molecule has 1 unspecified atom stereocenters. The van der Waals surface area contributed by atoms with Crippen LogP contribution >= 0.6 is 0 Å². The van der Waals surface area contributed by atoms with E-state index in [1.807, 2.05) is 31.3 Å². The highest BCUT2D eigenvalue weighted by Crippen LogP contribution is 2.43. The van der Waals surface area contributed by atoms with E-state index in [4.69, 9.17) is 15.2 Å². The number of hydrogen-bond donors (Lipinski definition) is 2. The largest absolute Gasteiger partial charge is 0.491 e. The van der Waals surface area contributed by atoms with Crippen LogP contribution in [0, 0.1) is 0 Å². The molecule has 0 heterocycles. The lowest BCUT2D eigenvalue weighted by Gasteiger charge is -2.10. The van der Waals surface area contributed by atoms with E-state index < -0.39 is 0 Å². The normalized spacial score (nSPS) is 15.5. The SMILES string of the molecule is CNCCOCCOc1ccc2c(c1)C(N)c1ccccc1-2. The number of rotatable bonds is 7. The van der Waals surface area contributed by atoms with Gasteiger partial charge in [0.15, 0.2) is 0 Å². The molecule has 1 aliphatic carbocycles. The zero-order chi connectivity index (χ0) is 15.4. The minimum atomic E-state index is -0.0679. The third-order valence-electron chi connectivity index (χ3n) is 3.94. The molecule has 1 aliphatic rings. The van der Waals surface area contributed by atoms with Crippen LogP contribution < -0.4 is 15.8 Å². The number of benzene rings is 2. The Labute approximate surface area is 131 Å². The van der Waals surface area contributed by atoms with Crippen molar-refractivity contribution >= 4 is 0 Å². The van der Waals surface area contributed by atoms with Crippen molar-refractivity contribution in [1.82, 2.24) is 5.32 Å². The van der Waals surface area contributed by atoms with Gasteiger partial charge in [0, 0.05) is 6.54 Å². The zero-order valence-electron chi connectivity index (χ0n) is 12.8. The predicted molar refractivity (Wildman–Crippen MR) is 88.1 cm³/mol. The van der Waals surface area contributed by atoms with E-state index in [1.54, 1.807) is 0 Å². The van der Waals surface area contributed by atoms with E-state index in [1.165, 1.54) is 16.7 Å². The van der Waals surface area contributed by atoms with Crippen molar-refractivity contribution < 1.29 is 9.47 Å². The molecule has 0 aliphatic heterocycles. The first-order valence-electron chi connectivity index (χ1n) is 7.65. The number of fused-ring (bicyclic) bond motifs is 3. The number of likely N-dealkylation sites (N-methyl/N-ethyl adjacent to an activating group) is 1. The summed E-state index contributed by atoms with van der Waals surface area (Å²) in [5.41, 5.74) is 11.1. The van der Waals surface area contributed by atoms with Crippen molar-refractivity contribution in [3.05, 3.63) is 53.6 Å². The zero-order valence-corrected chi connectivity index (χ0v) is 12.8. The Morgan fingerprint density at radius 3 is 2.68 bits per heavy atom. The lowest BCUT2D eigenvalue weighted by Crippen LogP contribution is -2.16. The molecule has 0 spiro atoms. The Morgan fingerprint density at radius 1 is 1.00 bits per heavy atom. The molecule has 3 rings (SSSR count). The van der Waals surface area contributed by atoms with E-state index in [0.717, 1.165) is 17.9 Å². The Morgan fingerprint density at radius 2 is 1.82 bits per heavy atom. The van der Waals surface area contributed by atoms with E-state index >= 15 is 0 Å². The lowest BCUT2D eigenvalue weighted by atomic mass is 10.1. The fourth-order valence-electron chi connectivity index (χ4n) is 2.81. The highest BCUT2D eigenvalue weighted by Gasteiger charge is 2.25. The predicted octanol–water partition coefficient (Wildman–Crippen LogP) is 2.33. The summed E-state index contributed by atoms with van der Waals surface area (Å²) in [6, 6.07) is 14.4. The molecule has 0 saturated heterocycles.